The van der Waals surface area contributed by atoms with Crippen LogP contribution in [0.15, 0.2) is 36.4 Å². The molecule has 3 heteroatoms. The zero-order chi connectivity index (χ0) is 11.3. The molecule has 15 heavy (non-hydrogen) atoms. The quantitative estimate of drug-likeness (QED) is 0.751. The second-order valence-corrected chi connectivity index (χ2v) is 3.47. The van der Waals surface area contributed by atoms with E-state index in [4.69, 9.17) is 11.0 Å². The molecule has 0 saturated heterocycles. The Morgan fingerprint density at radius 3 is 2.93 bits per heavy atom. The van der Waals surface area contributed by atoms with E-state index in [-0.39, 0.29) is 0 Å². The minimum absolute atomic E-state index is 0.488. The number of hydrogen-bond acceptors (Lipinski definition) is 3. The fourth-order valence-electron chi connectivity index (χ4n) is 1.30. The Hall–Kier alpha value is -1.79. The summed E-state index contributed by atoms with van der Waals surface area (Å²) in [6.45, 7) is 5.05. The summed E-state index contributed by atoms with van der Waals surface area (Å²) in [5.41, 5.74) is 8.12. The van der Waals surface area contributed by atoms with Crippen molar-refractivity contribution in [2.45, 2.75) is 0 Å². The van der Waals surface area contributed by atoms with Crippen molar-refractivity contribution in [2.24, 2.45) is 5.73 Å². The van der Waals surface area contributed by atoms with E-state index < -0.39 is 0 Å². The van der Waals surface area contributed by atoms with Gasteiger partial charge in [-0.25, -0.2) is 0 Å². The molecular formula is C12H15N3. The van der Waals surface area contributed by atoms with Crippen molar-refractivity contribution in [3.05, 3.63) is 42.0 Å². The van der Waals surface area contributed by atoms with Crippen molar-refractivity contribution >= 4 is 5.69 Å². The van der Waals surface area contributed by atoms with E-state index in [0.717, 1.165) is 11.3 Å². The summed E-state index contributed by atoms with van der Waals surface area (Å²) in [5.74, 6) is 0. The Labute approximate surface area is 90.4 Å². The van der Waals surface area contributed by atoms with E-state index in [0.29, 0.717) is 18.7 Å². The molecule has 78 valence electrons. The molecule has 0 heterocycles. The normalized spacial score (nSPS) is 9.40. The summed E-state index contributed by atoms with van der Waals surface area (Å²) >= 11 is 0. The van der Waals surface area contributed by atoms with E-state index in [1.165, 1.54) is 0 Å². The van der Waals surface area contributed by atoms with E-state index in [1.807, 2.05) is 30.1 Å². The van der Waals surface area contributed by atoms with Crippen LogP contribution in [-0.2, 0) is 0 Å². The molecule has 3 nitrogen and oxygen atoms in total. The topological polar surface area (TPSA) is 53.0 Å². The van der Waals surface area contributed by atoms with Crippen LogP contribution in [0.25, 0.3) is 0 Å². The second-order valence-electron chi connectivity index (χ2n) is 3.47. The lowest BCUT2D eigenvalue weighted by molar-refractivity contribution is 0.949. The molecule has 0 aliphatic carbocycles. The van der Waals surface area contributed by atoms with Crippen molar-refractivity contribution in [1.82, 2.24) is 0 Å². The number of rotatable bonds is 4. The van der Waals surface area contributed by atoms with Gasteiger partial charge in [0.2, 0.25) is 0 Å². The van der Waals surface area contributed by atoms with Gasteiger partial charge in [-0.15, -0.1) is 0 Å². The molecule has 0 aliphatic rings. The number of likely N-dealkylation sites (N-methyl/N-ethyl adjacent to an activating group) is 1. The predicted octanol–water partition coefficient (Wildman–Crippen LogP) is 1.51. The first-order valence-corrected chi connectivity index (χ1v) is 4.75. The lowest BCUT2D eigenvalue weighted by atomic mass is 10.2. The maximum atomic E-state index is 8.77. The third-order valence-electron chi connectivity index (χ3n) is 2.17. The average Bonchev–Trinajstić information content (AvgIpc) is 2.28. The molecule has 0 spiro atoms. The van der Waals surface area contributed by atoms with Gasteiger partial charge in [0.1, 0.15) is 0 Å². The zero-order valence-electron chi connectivity index (χ0n) is 8.90. The summed E-state index contributed by atoms with van der Waals surface area (Å²) in [6.07, 6.45) is 0. The zero-order valence-corrected chi connectivity index (χ0v) is 8.90. The molecule has 0 radical (unpaired) electrons. The summed E-state index contributed by atoms with van der Waals surface area (Å²) in [4.78, 5) is 2.02. The van der Waals surface area contributed by atoms with Gasteiger partial charge in [-0.2, -0.15) is 5.26 Å². The van der Waals surface area contributed by atoms with Crippen LogP contribution in [0.3, 0.4) is 0 Å². The monoisotopic (exact) mass is 201 g/mol. The van der Waals surface area contributed by atoms with Gasteiger partial charge in [0.05, 0.1) is 11.6 Å². The van der Waals surface area contributed by atoms with Crippen molar-refractivity contribution in [2.75, 3.05) is 25.0 Å². The fraction of sp³-hybridized carbons (Fsp3) is 0.250. The molecule has 1 aromatic carbocycles. The van der Waals surface area contributed by atoms with Crippen molar-refractivity contribution in [3.63, 3.8) is 0 Å². The molecule has 0 unspecified atom stereocenters. The second kappa shape index (κ2) is 5.18. The summed E-state index contributed by atoms with van der Waals surface area (Å²) in [6, 6.07) is 9.59. The molecule has 1 aromatic rings. The van der Waals surface area contributed by atoms with E-state index in [1.54, 1.807) is 6.07 Å². The minimum Gasteiger partial charge on any atom is -0.371 e. The largest absolute Gasteiger partial charge is 0.371 e. The first-order valence-electron chi connectivity index (χ1n) is 4.75. The minimum atomic E-state index is 0.488. The van der Waals surface area contributed by atoms with Gasteiger partial charge >= 0.3 is 0 Å². The predicted molar refractivity (Wildman–Crippen MR) is 62.6 cm³/mol. The number of nitrogens with two attached hydrogens (primary N) is 1. The van der Waals surface area contributed by atoms with Gasteiger partial charge in [0, 0.05) is 25.8 Å². The maximum absolute atomic E-state index is 8.77. The van der Waals surface area contributed by atoms with Crippen molar-refractivity contribution < 1.29 is 0 Å². The molecular weight excluding hydrogens is 186 g/mol. The number of nitriles is 1. The average molecular weight is 201 g/mol. The Kier molecular flexibility index (Phi) is 3.90. The fourth-order valence-corrected chi connectivity index (χ4v) is 1.30. The van der Waals surface area contributed by atoms with Gasteiger partial charge in [0.25, 0.3) is 0 Å². The number of anilines is 1. The smallest absolute Gasteiger partial charge is 0.0992 e. The third kappa shape index (κ3) is 3.12. The highest BCUT2D eigenvalue weighted by molar-refractivity contribution is 5.51. The van der Waals surface area contributed by atoms with Crippen LogP contribution in [0.2, 0.25) is 0 Å². The van der Waals surface area contributed by atoms with E-state index in [2.05, 4.69) is 12.6 Å². The molecule has 0 aliphatic heterocycles. The first-order chi connectivity index (χ1) is 7.17. The number of benzene rings is 1. The Morgan fingerprint density at radius 1 is 1.60 bits per heavy atom. The van der Waals surface area contributed by atoms with Gasteiger partial charge in [0.15, 0.2) is 0 Å². The van der Waals surface area contributed by atoms with Crippen LogP contribution in [0, 0.1) is 11.3 Å². The van der Waals surface area contributed by atoms with Gasteiger partial charge in [-0.05, 0) is 23.8 Å². The third-order valence-corrected chi connectivity index (χ3v) is 2.17. The lowest BCUT2D eigenvalue weighted by Gasteiger charge is -2.20. The molecule has 0 atom stereocenters. The van der Waals surface area contributed by atoms with Crippen LogP contribution >= 0.6 is 0 Å². The molecule has 0 amide bonds. The SMILES string of the molecule is C=C(CN)CN(C)c1cccc(C#N)c1. The van der Waals surface area contributed by atoms with Crippen LogP contribution < -0.4 is 10.6 Å². The van der Waals surface area contributed by atoms with Gasteiger partial charge in [-0.1, -0.05) is 12.6 Å². The van der Waals surface area contributed by atoms with E-state index >= 15 is 0 Å². The molecule has 0 saturated carbocycles. The molecule has 0 fully saturated rings. The lowest BCUT2D eigenvalue weighted by Crippen LogP contribution is -2.22. The highest BCUT2D eigenvalue weighted by atomic mass is 15.1. The summed E-state index contributed by atoms with van der Waals surface area (Å²) in [5, 5.41) is 8.77. The molecule has 0 aromatic heterocycles. The Morgan fingerprint density at radius 2 is 2.33 bits per heavy atom. The molecule has 2 N–H and O–H groups in total. The van der Waals surface area contributed by atoms with Gasteiger partial charge < -0.3 is 10.6 Å². The highest BCUT2D eigenvalue weighted by Crippen LogP contribution is 2.14. The Balaban J connectivity index is 2.78. The number of nitrogens with zero attached hydrogens (tertiary/aromatic N) is 2. The molecule has 1 rings (SSSR count). The van der Waals surface area contributed by atoms with Crippen molar-refractivity contribution in [3.8, 4) is 6.07 Å². The van der Waals surface area contributed by atoms with Crippen LogP contribution in [0.5, 0.6) is 0 Å². The summed E-state index contributed by atoms with van der Waals surface area (Å²) in [7, 11) is 1.96. The highest BCUT2D eigenvalue weighted by Gasteiger charge is 2.02. The standard InChI is InChI=1S/C12H15N3/c1-10(7-13)9-15(2)12-5-3-4-11(6-12)8-14/h3-6H,1,7,9,13H2,2H3. The van der Waals surface area contributed by atoms with E-state index in [9.17, 15) is 0 Å². The summed E-state index contributed by atoms with van der Waals surface area (Å²) < 4.78 is 0. The first kappa shape index (κ1) is 11.3. The molecule has 0 bridgehead atoms. The Bertz CT molecular complexity index is 390. The van der Waals surface area contributed by atoms with Crippen LogP contribution in [-0.4, -0.2) is 20.1 Å². The van der Waals surface area contributed by atoms with Crippen LogP contribution in [0.4, 0.5) is 5.69 Å². The van der Waals surface area contributed by atoms with Crippen molar-refractivity contribution in [1.29, 1.82) is 5.26 Å². The maximum Gasteiger partial charge on any atom is 0.0992 e. The van der Waals surface area contributed by atoms with Gasteiger partial charge in [-0.3, -0.25) is 0 Å². The van der Waals surface area contributed by atoms with Crippen LogP contribution in [0.1, 0.15) is 5.56 Å². The number of hydrogen-bond donors (Lipinski definition) is 1.